The molecule has 0 bridgehead atoms. The molecule has 0 aromatic carbocycles. The van der Waals surface area contributed by atoms with Crippen molar-refractivity contribution in [3.8, 4) is 5.88 Å². The van der Waals surface area contributed by atoms with Gasteiger partial charge in [-0.25, -0.2) is 0 Å². The monoisotopic (exact) mass is 366 g/mol. The van der Waals surface area contributed by atoms with E-state index < -0.39 is 48.4 Å². The van der Waals surface area contributed by atoms with Crippen LogP contribution in [0, 0.1) is 11.8 Å². The summed E-state index contributed by atoms with van der Waals surface area (Å²) < 4.78 is 79.4. The molecule has 1 aromatic rings. The number of halogens is 6. The van der Waals surface area contributed by atoms with E-state index in [-0.39, 0.29) is 22.5 Å². The molecule has 0 saturated heterocycles. The fraction of sp³-hybridized carbons (Fsp3) is 0.562. The van der Waals surface area contributed by atoms with Gasteiger partial charge in [0, 0.05) is 11.8 Å². The first kappa shape index (κ1) is 17.9. The number of nitrogens with one attached hydrogen (secondary N) is 1. The molecule has 3 rings (SSSR count). The number of fused-ring (bicyclic) bond motifs is 2. The average molecular weight is 366 g/mol. The normalized spacial score (nSPS) is 29.6. The molecular formula is C16H16F6N2O. The van der Waals surface area contributed by atoms with Gasteiger partial charge in [-0.05, 0) is 29.0 Å². The lowest BCUT2D eigenvalue weighted by atomic mass is 9.71. The van der Waals surface area contributed by atoms with Crippen molar-refractivity contribution in [1.29, 1.82) is 0 Å². The molecule has 2 unspecified atom stereocenters. The number of hydrogen-bond donors (Lipinski definition) is 2. The molecule has 138 valence electrons. The Morgan fingerprint density at radius 3 is 2.36 bits per heavy atom. The highest BCUT2D eigenvalue weighted by molar-refractivity contribution is 6.11. The van der Waals surface area contributed by atoms with Gasteiger partial charge in [0.2, 0.25) is 0 Å². The predicted molar refractivity (Wildman–Crippen MR) is 79.5 cm³/mol. The molecule has 0 amide bonds. The van der Waals surface area contributed by atoms with Crippen LogP contribution in [0.1, 0.15) is 37.4 Å². The van der Waals surface area contributed by atoms with E-state index >= 15 is 0 Å². The fourth-order valence-electron chi connectivity index (χ4n) is 3.60. The molecule has 3 nitrogen and oxygen atoms in total. The first-order valence-corrected chi connectivity index (χ1v) is 7.73. The van der Waals surface area contributed by atoms with Gasteiger partial charge in [0.05, 0.1) is 18.2 Å². The highest BCUT2D eigenvalue weighted by Gasteiger charge is 2.51. The smallest absolute Gasteiger partial charge is 0.401 e. The van der Waals surface area contributed by atoms with Crippen LogP contribution in [-0.4, -0.2) is 34.2 Å². The Morgan fingerprint density at radius 1 is 1.16 bits per heavy atom. The third-order valence-electron chi connectivity index (χ3n) is 5.00. The minimum absolute atomic E-state index is 0.113. The van der Waals surface area contributed by atoms with Crippen LogP contribution >= 0.6 is 0 Å². The lowest BCUT2D eigenvalue weighted by Crippen LogP contribution is -2.42. The fourth-order valence-corrected chi connectivity index (χ4v) is 3.60. The molecule has 9 heteroatoms. The summed E-state index contributed by atoms with van der Waals surface area (Å²) in [6.45, 7) is 3.17. The number of nitrogens with zero attached hydrogens (tertiary/aromatic N) is 1. The van der Waals surface area contributed by atoms with Crippen LogP contribution in [0.5, 0.6) is 5.88 Å². The standard InChI is InChI=1S/C16H16F6N2O/c1-6-7(2)11(5-15(17,18)19)24-14-8(6)3-10-9(4-12(25)23-10)13(14)16(20,21)22/h3-4,6-7,11,13,23,25H,5H2,1-2H3/t6?,7-,11-,13?/m1/s1. The number of H-pyrrole nitrogens is 1. The molecule has 0 fully saturated rings. The second-order valence-electron chi connectivity index (χ2n) is 6.65. The number of aliphatic imine (C=N–C) groups is 1. The Balaban J connectivity index is 2.16. The zero-order valence-electron chi connectivity index (χ0n) is 13.3. The molecule has 0 radical (unpaired) electrons. The first-order valence-electron chi connectivity index (χ1n) is 7.73. The minimum Gasteiger partial charge on any atom is -0.495 e. The Labute approximate surface area is 139 Å². The van der Waals surface area contributed by atoms with Crippen LogP contribution in [0.4, 0.5) is 26.3 Å². The van der Waals surface area contributed by atoms with Crippen molar-refractivity contribution in [2.24, 2.45) is 16.8 Å². The van der Waals surface area contributed by atoms with Crippen LogP contribution < -0.4 is 0 Å². The van der Waals surface area contributed by atoms with E-state index in [1.807, 2.05) is 0 Å². The van der Waals surface area contributed by atoms with Gasteiger partial charge >= 0.3 is 12.4 Å². The van der Waals surface area contributed by atoms with Gasteiger partial charge in [-0.1, -0.05) is 13.8 Å². The SMILES string of the molecule is CC1C2=Cc3[nH]c(O)cc3C(C(F)(F)F)C2=N[C@H](CC(F)(F)F)[C@@H]1C. The number of rotatable bonds is 1. The number of aromatic nitrogens is 1. The summed E-state index contributed by atoms with van der Waals surface area (Å²) in [6.07, 6.45) is -9.05. The zero-order valence-corrected chi connectivity index (χ0v) is 13.3. The number of aromatic hydroxyl groups is 1. The average Bonchev–Trinajstić information content (AvgIpc) is 2.79. The summed E-state index contributed by atoms with van der Waals surface area (Å²) in [5, 5.41) is 9.52. The van der Waals surface area contributed by atoms with Crippen molar-refractivity contribution in [1.82, 2.24) is 4.98 Å². The van der Waals surface area contributed by atoms with E-state index in [9.17, 15) is 31.4 Å². The van der Waals surface area contributed by atoms with Gasteiger partial charge < -0.3 is 10.1 Å². The van der Waals surface area contributed by atoms with E-state index in [0.717, 1.165) is 6.07 Å². The number of alkyl halides is 6. The zero-order chi connectivity index (χ0) is 18.7. The van der Waals surface area contributed by atoms with Crippen molar-refractivity contribution < 1.29 is 31.4 Å². The Bertz CT molecular complexity index is 743. The Morgan fingerprint density at radius 2 is 1.80 bits per heavy atom. The van der Waals surface area contributed by atoms with Gasteiger partial charge in [-0.3, -0.25) is 4.99 Å². The Hall–Kier alpha value is -1.93. The Kier molecular flexibility index (Phi) is 3.96. The molecule has 1 aliphatic heterocycles. The summed E-state index contributed by atoms with van der Waals surface area (Å²) in [5.74, 6) is -3.66. The van der Waals surface area contributed by atoms with E-state index in [2.05, 4.69) is 9.98 Å². The van der Waals surface area contributed by atoms with Gasteiger partial charge in [-0.2, -0.15) is 26.3 Å². The summed E-state index contributed by atoms with van der Waals surface area (Å²) in [7, 11) is 0. The van der Waals surface area contributed by atoms with Crippen LogP contribution in [0.15, 0.2) is 16.6 Å². The maximum absolute atomic E-state index is 13.7. The quantitative estimate of drug-likeness (QED) is 0.689. The molecular weight excluding hydrogens is 350 g/mol. The molecule has 2 aliphatic rings. The summed E-state index contributed by atoms with van der Waals surface area (Å²) >= 11 is 0. The number of aromatic amines is 1. The highest BCUT2D eigenvalue weighted by atomic mass is 19.4. The van der Waals surface area contributed by atoms with Crippen LogP contribution in [0.2, 0.25) is 0 Å². The minimum atomic E-state index is -4.73. The van der Waals surface area contributed by atoms with E-state index in [1.165, 1.54) is 6.08 Å². The topological polar surface area (TPSA) is 48.4 Å². The highest BCUT2D eigenvalue weighted by Crippen LogP contribution is 2.49. The van der Waals surface area contributed by atoms with Crippen molar-refractivity contribution in [3.05, 3.63) is 22.9 Å². The van der Waals surface area contributed by atoms with E-state index in [1.54, 1.807) is 13.8 Å². The molecule has 0 saturated carbocycles. The van der Waals surface area contributed by atoms with Gasteiger partial charge in [0.15, 0.2) is 5.88 Å². The molecule has 25 heavy (non-hydrogen) atoms. The molecule has 1 aromatic heterocycles. The maximum atomic E-state index is 13.7. The van der Waals surface area contributed by atoms with Crippen molar-refractivity contribution in [3.63, 3.8) is 0 Å². The van der Waals surface area contributed by atoms with Crippen LogP contribution in [0.3, 0.4) is 0 Å². The number of allylic oxidation sites excluding steroid dienone is 1. The van der Waals surface area contributed by atoms with E-state index in [0.29, 0.717) is 0 Å². The summed E-state index contributed by atoms with van der Waals surface area (Å²) in [6, 6.07) is -0.314. The lowest BCUT2D eigenvalue weighted by molar-refractivity contribution is -0.141. The second kappa shape index (κ2) is 5.54. The first-order chi connectivity index (χ1) is 11.4. The second-order valence-corrected chi connectivity index (χ2v) is 6.65. The molecule has 1 aliphatic carbocycles. The lowest BCUT2D eigenvalue weighted by Gasteiger charge is -2.39. The molecule has 0 spiro atoms. The van der Waals surface area contributed by atoms with E-state index in [4.69, 9.17) is 0 Å². The predicted octanol–water partition coefficient (Wildman–Crippen LogP) is 4.81. The summed E-state index contributed by atoms with van der Waals surface area (Å²) in [4.78, 5) is 6.35. The molecule has 2 N–H and O–H groups in total. The van der Waals surface area contributed by atoms with Gasteiger partial charge in [0.1, 0.15) is 5.92 Å². The van der Waals surface area contributed by atoms with Gasteiger partial charge in [0.25, 0.3) is 0 Å². The summed E-state index contributed by atoms with van der Waals surface area (Å²) in [5.41, 5.74) is -0.219. The van der Waals surface area contributed by atoms with Crippen LogP contribution in [-0.2, 0) is 0 Å². The van der Waals surface area contributed by atoms with Crippen molar-refractivity contribution in [2.45, 2.75) is 44.6 Å². The molecule has 2 heterocycles. The maximum Gasteiger partial charge on any atom is 0.401 e. The number of hydrogen-bond acceptors (Lipinski definition) is 2. The molecule has 4 atom stereocenters. The van der Waals surface area contributed by atoms with Crippen LogP contribution in [0.25, 0.3) is 6.08 Å². The van der Waals surface area contributed by atoms with Gasteiger partial charge in [-0.15, -0.1) is 0 Å². The van der Waals surface area contributed by atoms with Crippen molar-refractivity contribution >= 4 is 11.8 Å². The third kappa shape index (κ3) is 3.16. The third-order valence-corrected chi connectivity index (χ3v) is 5.00. The van der Waals surface area contributed by atoms with Crippen molar-refractivity contribution in [2.75, 3.05) is 0 Å². The largest absolute Gasteiger partial charge is 0.495 e.